The Labute approximate surface area is 94.6 Å². The highest BCUT2D eigenvalue weighted by atomic mass is 15.2. The molecule has 0 unspecified atom stereocenters. The number of hydrogen-bond donors (Lipinski definition) is 1. The molecule has 2 aromatic rings. The quantitative estimate of drug-likeness (QED) is 0.849. The minimum absolute atomic E-state index is 0.735. The lowest BCUT2D eigenvalue weighted by Gasteiger charge is -2.03. The topological polar surface area (TPSA) is 42.7 Å². The Kier molecular flexibility index (Phi) is 3.00. The second-order valence-electron chi connectivity index (χ2n) is 3.55. The van der Waals surface area contributed by atoms with E-state index in [-0.39, 0.29) is 0 Å². The van der Waals surface area contributed by atoms with E-state index in [0.29, 0.717) is 0 Å². The summed E-state index contributed by atoms with van der Waals surface area (Å²) in [5, 5.41) is 7.38. The van der Waals surface area contributed by atoms with E-state index < -0.39 is 0 Å². The van der Waals surface area contributed by atoms with Gasteiger partial charge in [0.2, 0.25) is 0 Å². The highest BCUT2D eigenvalue weighted by Gasteiger charge is 1.97. The van der Waals surface area contributed by atoms with Crippen LogP contribution in [-0.4, -0.2) is 14.8 Å². The summed E-state index contributed by atoms with van der Waals surface area (Å²) in [6.45, 7) is 6.35. The van der Waals surface area contributed by atoms with Crippen LogP contribution in [0.3, 0.4) is 0 Å². The third-order valence-electron chi connectivity index (χ3n) is 2.25. The second kappa shape index (κ2) is 4.61. The summed E-state index contributed by atoms with van der Waals surface area (Å²) in [4.78, 5) is 4.21. The van der Waals surface area contributed by atoms with Gasteiger partial charge in [0.15, 0.2) is 0 Å². The first-order chi connectivity index (χ1) is 7.78. The van der Waals surface area contributed by atoms with E-state index in [9.17, 15) is 0 Å². The Balaban J connectivity index is 1.96. The predicted octanol–water partition coefficient (Wildman–Crippen LogP) is 2.30. The van der Waals surface area contributed by atoms with Crippen molar-refractivity contribution in [3.8, 4) is 0 Å². The van der Waals surface area contributed by atoms with E-state index in [1.54, 1.807) is 10.9 Å². The number of rotatable bonds is 4. The molecule has 0 atom stereocenters. The van der Waals surface area contributed by atoms with Crippen molar-refractivity contribution < 1.29 is 0 Å². The summed E-state index contributed by atoms with van der Waals surface area (Å²) < 4.78 is 1.68. The maximum Gasteiger partial charge on any atom is 0.0543 e. The fourth-order valence-electron chi connectivity index (χ4n) is 1.35. The van der Waals surface area contributed by atoms with Crippen molar-refractivity contribution in [3.05, 3.63) is 48.6 Å². The molecule has 0 amide bonds. The van der Waals surface area contributed by atoms with Crippen molar-refractivity contribution in [3.63, 3.8) is 0 Å². The minimum atomic E-state index is 0.735. The third-order valence-corrected chi connectivity index (χ3v) is 2.25. The first kappa shape index (κ1) is 10.4. The SMILES string of the molecule is C=Cn1cc(CNc2ccc(C)nc2)cn1. The molecule has 4 nitrogen and oxygen atoms in total. The van der Waals surface area contributed by atoms with Crippen molar-refractivity contribution >= 4 is 11.9 Å². The highest BCUT2D eigenvalue weighted by Crippen LogP contribution is 2.07. The van der Waals surface area contributed by atoms with Gasteiger partial charge in [-0.2, -0.15) is 5.10 Å². The van der Waals surface area contributed by atoms with E-state index in [2.05, 4.69) is 22.0 Å². The molecule has 0 radical (unpaired) electrons. The maximum atomic E-state index is 4.21. The molecule has 0 fully saturated rings. The van der Waals surface area contributed by atoms with Gasteiger partial charge in [-0.1, -0.05) is 6.58 Å². The molecule has 0 aliphatic heterocycles. The van der Waals surface area contributed by atoms with Crippen LogP contribution < -0.4 is 5.32 Å². The summed E-state index contributed by atoms with van der Waals surface area (Å²) in [7, 11) is 0. The third kappa shape index (κ3) is 2.48. The lowest BCUT2D eigenvalue weighted by Crippen LogP contribution is -1.98. The zero-order valence-electron chi connectivity index (χ0n) is 9.22. The van der Waals surface area contributed by atoms with Crippen LogP contribution in [0.2, 0.25) is 0 Å². The van der Waals surface area contributed by atoms with Crippen LogP contribution in [0.5, 0.6) is 0 Å². The number of hydrogen-bond acceptors (Lipinski definition) is 3. The Bertz CT molecular complexity index is 470. The Morgan fingerprint density at radius 2 is 2.31 bits per heavy atom. The standard InChI is InChI=1S/C12H14N4/c1-3-16-9-11(7-15-16)6-14-12-5-4-10(2)13-8-12/h3-5,7-9,14H,1,6H2,2H3. The fraction of sp³-hybridized carbons (Fsp3) is 0.167. The van der Waals surface area contributed by atoms with E-state index >= 15 is 0 Å². The molecule has 0 spiro atoms. The molecule has 2 aromatic heterocycles. The zero-order chi connectivity index (χ0) is 11.4. The van der Waals surface area contributed by atoms with Crippen molar-refractivity contribution in [2.75, 3.05) is 5.32 Å². The average Bonchev–Trinajstić information content (AvgIpc) is 2.76. The van der Waals surface area contributed by atoms with Crippen LogP contribution in [-0.2, 0) is 6.54 Å². The molecule has 4 heteroatoms. The number of pyridine rings is 1. The zero-order valence-corrected chi connectivity index (χ0v) is 9.22. The smallest absolute Gasteiger partial charge is 0.0543 e. The largest absolute Gasteiger partial charge is 0.380 e. The summed E-state index contributed by atoms with van der Waals surface area (Å²) in [5.74, 6) is 0. The molecular weight excluding hydrogens is 200 g/mol. The number of aromatic nitrogens is 3. The summed E-state index contributed by atoms with van der Waals surface area (Å²) in [6, 6.07) is 4.00. The monoisotopic (exact) mass is 214 g/mol. The highest BCUT2D eigenvalue weighted by molar-refractivity contribution is 5.41. The van der Waals surface area contributed by atoms with Gasteiger partial charge in [0, 0.05) is 30.2 Å². The molecule has 0 aliphatic rings. The number of nitrogens with one attached hydrogen (secondary N) is 1. The first-order valence-electron chi connectivity index (χ1n) is 5.10. The molecule has 0 aliphatic carbocycles. The minimum Gasteiger partial charge on any atom is -0.380 e. The van der Waals surface area contributed by atoms with Crippen LogP contribution in [0.1, 0.15) is 11.3 Å². The normalized spacial score (nSPS) is 10.1. The summed E-state index contributed by atoms with van der Waals surface area (Å²) in [5.41, 5.74) is 3.14. The number of anilines is 1. The van der Waals surface area contributed by atoms with Gasteiger partial charge in [0.05, 0.1) is 18.1 Å². The average molecular weight is 214 g/mol. The Morgan fingerprint density at radius 1 is 1.44 bits per heavy atom. The van der Waals surface area contributed by atoms with E-state index in [1.807, 2.05) is 37.6 Å². The fourth-order valence-corrected chi connectivity index (χ4v) is 1.35. The Hall–Kier alpha value is -2.10. The van der Waals surface area contributed by atoms with Gasteiger partial charge in [-0.3, -0.25) is 4.98 Å². The van der Waals surface area contributed by atoms with Gasteiger partial charge in [0.25, 0.3) is 0 Å². The van der Waals surface area contributed by atoms with Gasteiger partial charge in [-0.15, -0.1) is 0 Å². The van der Waals surface area contributed by atoms with Crippen molar-refractivity contribution in [2.24, 2.45) is 0 Å². The van der Waals surface area contributed by atoms with Gasteiger partial charge < -0.3 is 5.32 Å². The molecule has 2 rings (SSSR count). The lowest BCUT2D eigenvalue weighted by atomic mass is 10.3. The van der Waals surface area contributed by atoms with E-state index in [1.165, 1.54) is 0 Å². The molecule has 0 saturated heterocycles. The molecule has 0 bridgehead atoms. The number of aryl methyl sites for hydroxylation is 1. The molecule has 82 valence electrons. The van der Waals surface area contributed by atoms with Gasteiger partial charge >= 0.3 is 0 Å². The first-order valence-corrected chi connectivity index (χ1v) is 5.10. The van der Waals surface area contributed by atoms with Gasteiger partial charge in [0.1, 0.15) is 0 Å². The molecule has 16 heavy (non-hydrogen) atoms. The van der Waals surface area contributed by atoms with Gasteiger partial charge in [-0.05, 0) is 19.1 Å². The molecule has 2 heterocycles. The van der Waals surface area contributed by atoms with Crippen molar-refractivity contribution in [1.82, 2.24) is 14.8 Å². The van der Waals surface area contributed by atoms with Crippen LogP contribution in [0, 0.1) is 6.92 Å². The van der Waals surface area contributed by atoms with Crippen molar-refractivity contribution in [2.45, 2.75) is 13.5 Å². The van der Waals surface area contributed by atoms with E-state index in [4.69, 9.17) is 0 Å². The van der Waals surface area contributed by atoms with Gasteiger partial charge in [-0.25, -0.2) is 4.68 Å². The molecule has 1 N–H and O–H groups in total. The lowest BCUT2D eigenvalue weighted by molar-refractivity contribution is 0.936. The summed E-state index contributed by atoms with van der Waals surface area (Å²) >= 11 is 0. The maximum absolute atomic E-state index is 4.21. The van der Waals surface area contributed by atoms with E-state index in [0.717, 1.165) is 23.5 Å². The van der Waals surface area contributed by atoms with Crippen LogP contribution >= 0.6 is 0 Å². The predicted molar refractivity (Wildman–Crippen MR) is 64.9 cm³/mol. The molecule has 0 aromatic carbocycles. The Morgan fingerprint density at radius 3 is 2.94 bits per heavy atom. The summed E-state index contributed by atoms with van der Waals surface area (Å²) in [6.07, 6.45) is 7.24. The second-order valence-corrected chi connectivity index (χ2v) is 3.55. The van der Waals surface area contributed by atoms with Crippen molar-refractivity contribution in [1.29, 1.82) is 0 Å². The van der Waals surface area contributed by atoms with Crippen LogP contribution in [0.4, 0.5) is 5.69 Å². The van der Waals surface area contributed by atoms with Crippen LogP contribution in [0.25, 0.3) is 6.20 Å². The molecular formula is C12H14N4. The van der Waals surface area contributed by atoms with Crippen LogP contribution in [0.15, 0.2) is 37.3 Å². The number of nitrogens with zero attached hydrogens (tertiary/aromatic N) is 3. The molecule has 0 saturated carbocycles.